The summed E-state index contributed by atoms with van der Waals surface area (Å²) in [6.07, 6.45) is 2.14. The molecule has 0 aromatic rings. The molecule has 2 N–H and O–H groups in total. The molecule has 3 nitrogen and oxygen atoms in total. The zero-order chi connectivity index (χ0) is 10.6. The lowest BCUT2D eigenvalue weighted by atomic mass is 10.1. The summed E-state index contributed by atoms with van der Waals surface area (Å²) in [5.41, 5.74) is -0.528. The van der Waals surface area contributed by atoms with Crippen molar-refractivity contribution < 1.29 is 5.11 Å². The first-order valence-electron chi connectivity index (χ1n) is 5.59. The Bertz CT molecular complexity index is 165. The van der Waals surface area contributed by atoms with Gasteiger partial charge in [0.05, 0.1) is 5.60 Å². The van der Waals surface area contributed by atoms with E-state index in [-0.39, 0.29) is 0 Å². The summed E-state index contributed by atoms with van der Waals surface area (Å²) in [4.78, 5) is 2.38. The van der Waals surface area contributed by atoms with E-state index in [2.05, 4.69) is 17.3 Å². The fourth-order valence-corrected chi connectivity index (χ4v) is 1.89. The highest BCUT2D eigenvalue weighted by molar-refractivity contribution is 4.75. The lowest BCUT2D eigenvalue weighted by Crippen LogP contribution is -2.30. The predicted octanol–water partition coefficient (Wildman–Crippen LogP) is 0.689. The molecule has 0 spiro atoms. The molecule has 0 saturated carbocycles. The van der Waals surface area contributed by atoms with Gasteiger partial charge in [0.25, 0.3) is 0 Å². The van der Waals surface area contributed by atoms with Crippen molar-refractivity contribution in [2.24, 2.45) is 5.92 Å². The molecule has 0 aromatic heterocycles. The third kappa shape index (κ3) is 4.94. The first kappa shape index (κ1) is 12.0. The highest BCUT2D eigenvalue weighted by atomic mass is 16.3. The Kier molecular flexibility index (Phi) is 4.35. The van der Waals surface area contributed by atoms with Gasteiger partial charge in [0, 0.05) is 6.54 Å². The van der Waals surface area contributed by atoms with Crippen LogP contribution in [0.1, 0.15) is 26.7 Å². The summed E-state index contributed by atoms with van der Waals surface area (Å²) in [5.74, 6) is 0.807. The number of nitrogens with one attached hydrogen (secondary N) is 1. The van der Waals surface area contributed by atoms with Gasteiger partial charge in [-0.1, -0.05) is 0 Å². The second kappa shape index (κ2) is 5.10. The second-order valence-corrected chi connectivity index (χ2v) is 5.18. The molecule has 0 aliphatic carbocycles. The Morgan fingerprint density at radius 3 is 2.71 bits per heavy atom. The van der Waals surface area contributed by atoms with Crippen LogP contribution in [0.2, 0.25) is 0 Å². The first-order valence-corrected chi connectivity index (χ1v) is 5.59. The summed E-state index contributed by atoms with van der Waals surface area (Å²) >= 11 is 0. The Labute approximate surface area is 87.5 Å². The van der Waals surface area contributed by atoms with E-state index in [1.807, 2.05) is 13.8 Å². The Morgan fingerprint density at radius 1 is 1.50 bits per heavy atom. The quantitative estimate of drug-likeness (QED) is 0.641. The molecule has 0 bridgehead atoms. The average Bonchev–Trinajstić information content (AvgIpc) is 2.44. The van der Waals surface area contributed by atoms with Crippen molar-refractivity contribution in [3.63, 3.8) is 0 Å². The van der Waals surface area contributed by atoms with E-state index < -0.39 is 5.60 Å². The van der Waals surface area contributed by atoms with Crippen LogP contribution in [0.4, 0.5) is 0 Å². The minimum absolute atomic E-state index is 0.528. The highest BCUT2D eigenvalue weighted by Crippen LogP contribution is 2.13. The molecule has 1 aliphatic rings. The summed E-state index contributed by atoms with van der Waals surface area (Å²) < 4.78 is 0. The summed E-state index contributed by atoms with van der Waals surface area (Å²) in [6, 6.07) is 0. The van der Waals surface area contributed by atoms with E-state index >= 15 is 0 Å². The summed E-state index contributed by atoms with van der Waals surface area (Å²) in [5, 5.41) is 12.9. The molecule has 84 valence electrons. The van der Waals surface area contributed by atoms with Crippen molar-refractivity contribution in [1.82, 2.24) is 10.2 Å². The van der Waals surface area contributed by atoms with Gasteiger partial charge < -0.3 is 15.3 Å². The minimum atomic E-state index is -0.528. The molecule has 1 aliphatic heterocycles. The van der Waals surface area contributed by atoms with Crippen LogP contribution in [0.25, 0.3) is 0 Å². The number of hydrogen-bond acceptors (Lipinski definition) is 3. The largest absolute Gasteiger partial charge is 0.390 e. The summed E-state index contributed by atoms with van der Waals surface area (Å²) in [6.45, 7) is 8.19. The molecule has 1 fully saturated rings. The van der Waals surface area contributed by atoms with Gasteiger partial charge in [-0.25, -0.2) is 0 Å². The van der Waals surface area contributed by atoms with E-state index in [0.29, 0.717) is 0 Å². The Balaban J connectivity index is 1.99. The van der Waals surface area contributed by atoms with Crippen LogP contribution in [0.15, 0.2) is 0 Å². The SMILES string of the molecule is CN1CCC(CNCCC(C)(C)O)C1. The van der Waals surface area contributed by atoms with E-state index in [9.17, 15) is 5.11 Å². The fourth-order valence-electron chi connectivity index (χ4n) is 1.89. The van der Waals surface area contributed by atoms with E-state index in [1.165, 1.54) is 19.5 Å². The van der Waals surface area contributed by atoms with Crippen LogP contribution in [-0.4, -0.2) is 48.8 Å². The Morgan fingerprint density at radius 2 is 2.21 bits per heavy atom. The van der Waals surface area contributed by atoms with Gasteiger partial charge in [-0.3, -0.25) is 0 Å². The normalized spacial score (nSPS) is 24.4. The maximum Gasteiger partial charge on any atom is 0.0603 e. The van der Waals surface area contributed by atoms with Crippen molar-refractivity contribution >= 4 is 0 Å². The smallest absolute Gasteiger partial charge is 0.0603 e. The number of rotatable bonds is 5. The Hall–Kier alpha value is -0.120. The van der Waals surface area contributed by atoms with Gasteiger partial charge in [-0.2, -0.15) is 0 Å². The van der Waals surface area contributed by atoms with Crippen molar-refractivity contribution in [3.8, 4) is 0 Å². The molecule has 0 amide bonds. The van der Waals surface area contributed by atoms with E-state index in [4.69, 9.17) is 0 Å². The predicted molar refractivity (Wildman–Crippen MR) is 59.4 cm³/mol. The van der Waals surface area contributed by atoms with Gasteiger partial charge in [-0.05, 0) is 59.3 Å². The standard InChI is InChI=1S/C11H24N2O/c1-11(2,14)5-6-12-8-10-4-7-13(3)9-10/h10,12,14H,4-9H2,1-3H3. The lowest BCUT2D eigenvalue weighted by molar-refractivity contribution is 0.0709. The number of nitrogens with zero attached hydrogens (tertiary/aromatic N) is 1. The molecule has 0 radical (unpaired) electrons. The van der Waals surface area contributed by atoms with Crippen molar-refractivity contribution in [3.05, 3.63) is 0 Å². The zero-order valence-electron chi connectivity index (χ0n) is 9.71. The van der Waals surface area contributed by atoms with Crippen molar-refractivity contribution in [2.45, 2.75) is 32.3 Å². The lowest BCUT2D eigenvalue weighted by Gasteiger charge is -2.18. The van der Waals surface area contributed by atoms with Crippen molar-refractivity contribution in [2.75, 3.05) is 33.2 Å². The third-order valence-corrected chi connectivity index (χ3v) is 2.84. The van der Waals surface area contributed by atoms with Crippen LogP contribution in [-0.2, 0) is 0 Å². The maximum atomic E-state index is 9.50. The van der Waals surface area contributed by atoms with E-state index in [0.717, 1.165) is 25.4 Å². The van der Waals surface area contributed by atoms with Crippen LogP contribution in [0.3, 0.4) is 0 Å². The molecule has 14 heavy (non-hydrogen) atoms. The molecule has 1 heterocycles. The van der Waals surface area contributed by atoms with Crippen LogP contribution < -0.4 is 5.32 Å². The average molecular weight is 200 g/mol. The van der Waals surface area contributed by atoms with E-state index in [1.54, 1.807) is 0 Å². The van der Waals surface area contributed by atoms with Gasteiger partial charge in [0.1, 0.15) is 0 Å². The molecular formula is C11H24N2O. The third-order valence-electron chi connectivity index (χ3n) is 2.84. The molecular weight excluding hydrogens is 176 g/mol. The summed E-state index contributed by atoms with van der Waals surface area (Å²) in [7, 11) is 2.18. The molecule has 3 heteroatoms. The van der Waals surface area contributed by atoms with Crippen LogP contribution in [0.5, 0.6) is 0 Å². The monoisotopic (exact) mass is 200 g/mol. The number of aliphatic hydroxyl groups is 1. The second-order valence-electron chi connectivity index (χ2n) is 5.18. The molecule has 1 rings (SSSR count). The molecule has 1 atom stereocenters. The molecule has 1 unspecified atom stereocenters. The minimum Gasteiger partial charge on any atom is -0.390 e. The van der Waals surface area contributed by atoms with Crippen LogP contribution >= 0.6 is 0 Å². The van der Waals surface area contributed by atoms with Crippen molar-refractivity contribution in [1.29, 1.82) is 0 Å². The first-order chi connectivity index (χ1) is 6.47. The van der Waals surface area contributed by atoms with Crippen LogP contribution in [0, 0.1) is 5.92 Å². The highest BCUT2D eigenvalue weighted by Gasteiger charge is 2.19. The molecule has 1 saturated heterocycles. The zero-order valence-corrected chi connectivity index (χ0v) is 9.71. The number of hydrogen-bond donors (Lipinski definition) is 2. The van der Waals surface area contributed by atoms with Gasteiger partial charge in [-0.15, -0.1) is 0 Å². The van der Waals surface area contributed by atoms with Gasteiger partial charge in [0.2, 0.25) is 0 Å². The molecule has 0 aromatic carbocycles. The topological polar surface area (TPSA) is 35.5 Å². The van der Waals surface area contributed by atoms with Gasteiger partial charge in [0.15, 0.2) is 0 Å². The fraction of sp³-hybridized carbons (Fsp3) is 1.00. The van der Waals surface area contributed by atoms with Gasteiger partial charge >= 0.3 is 0 Å². The number of likely N-dealkylation sites (tertiary alicyclic amines) is 1. The maximum absolute atomic E-state index is 9.50.